The Morgan fingerprint density at radius 2 is 1.74 bits per heavy atom. The largest absolute Gasteiger partial charge is 0.443 e. The summed E-state index contributed by atoms with van der Waals surface area (Å²) in [5.41, 5.74) is 0.290. The summed E-state index contributed by atoms with van der Waals surface area (Å²) in [6, 6.07) is 4.81. The van der Waals surface area contributed by atoms with Crippen LogP contribution >= 0.6 is 43.2 Å². The van der Waals surface area contributed by atoms with Crippen LogP contribution in [-0.2, 0) is 6.18 Å². The number of hydrogen-bond acceptors (Lipinski definition) is 3. The van der Waals surface area contributed by atoms with Gasteiger partial charge in [0.05, 0.1) is 4.88 Å². The molecule has 0 aliphatic heterocycles. The van der Waals surface area contributed by atoms with E-state index >= 15 is 0 Å². The van der Waals surface area contributed by atoms with Gasteiger partial charge in [-0.25, -0.2) is 4.98 Å². The molecule has 0 saturated carbocycles. The molecule has 1 aromatic carbocycles. The third kappa shape index (κ3) is 3.43. The molecule has 100 valence electrons. The maximum absolute atomic E-state index is 12.4. The van der Waals surface area contributed by atoms with Gasteiger partial charge >= 0.3 is 6.18 Å². The summed E-state index contributed by atoms with van der Waals surface area (Å²) in [4.78, 5) is 15.2. The molecule has 2 nitrogen and oxygen atoms in total. The molecule has 0 aliphatic rings. The lowest BCUT2D eigenvalue weighted by atomic mass is 10.1. The second-order valence-corrected chi connectivity index (χ2v) is 6.38. The Morgan fingerprint density at radius 1 is 1.16 bits per heavy atom. The highest BCUT2D eigenvalue weighted by Gasteiger charge is 2.35. The summed E-state index contributed by atoms with van der Waals surface area (Å²) in [5.74, 6) is -0.491. The number of carbonyl (C=O) groups is 1. The molecule has 1 aromatic heterocycles. The molecule has 0 radical (unpaired) electrons. The summed E-state index contributed by atoms with van der Waals surface area (Å²) < 4.78 is 38.6. The number of hydrogen-bond donors (Lipinski definition) is 0. The first-order valence-corrected chi connectivity index (χ1v) is 7.21. The second kappa shape index (κ2) is 5.34. The number of aromatic nitrogens is 1. The number of benzene rings is 1. The summed E-state index contributed by atoms with van der Waals surface area (Å²) in [5, 5.41) is -1.02. The van der Waals surface area contributed by atoms with E-state index in [-0.39, 0.29) is 4.88 Å². The molecule has 2 aromatic rings. The molecule has 0 N–H and O–H groups in total. The van der Waals surface area contributed by atoms with Crippen LogP contribution in [0.1, 0.15) is 20.2 Å². The van der Waals surface area contributed by atoms with Gasteiger partial charge in [0.15, 0.2) is 5.01 Å². The van der Waals surface area contributed by atoms with E-state index in [1.54, 1.807) is 18.2 Å². The Labute approximate surface area is 126 Å². The molecule has 0 atom stereocenters. The average Bonchev–Trinajstić information content (AvgIpc) is 2.75. The standard InChI is InChI=1S/C11H4Br2F3NOS/c12-6-1-5(2-7(13)3-6)9(18)8-4-17-10(19-8)11(14,15)16/h1-4H. The molecule has 0 fully saturated rings. The predicted molar refractivity (Wildman–Crippen MR) is 72.4 cm³/mol. The van der Waals surface area contributed by atoms with Crippen LogP contribution in [0.15, 0.2) is 33.3 Å². The topological polar surface area (TPSA) is 30.0 Å². The molecule has 0 unspecified atom stereocenters. The van der Waals surface area contributed by atoms with Crippen molar-refractivity contribution in [1.29, 1.82) is 0 Å². The summed E-state index contributed by atoms with van der Waals surface area (Å²) >= 11 is 6.77. The van der Waals surface area contributed by atoms with Crippen molar-refractivity contribution >= 4 is 49.0 Å². The summed E-state index contributed by atoms with van der Waals surface area (Å²) in [7, 11) is 0. The second-order valence-electron chi connectivity index (χ2n) is 3.51. The van der Waals surface area contributed by atoms with Gasteiger partial charge in [-0.05, 0) is 18.2 Å². The molecule has 0 bridgehead atoms. The van der Waals surface area contributed by atoms with Crippen molar-refractivity contribution in [2.24, 2.45) is 0 Å². The minimum absolute atomic E-state index is 0.0441. The lowest BCUT2D eigenvalue weighted by Gasteiger charge is -2.01. The van der Waals surface area contributed by atoms with Crippen LogP contribution in [0.3, 0.4) is 0 Å². The Balaban J connectivity index is 2.36. The molecule has 19 heavy (non-hydrogen) atoms. The van der Waals surface area contributed by atoms with Gasteiger partial charge < -0.3 is 0 Å². The lowest BCUT2D eigenvalue weighted by Crippen LogP contribution is -2.03. The van der Waals surface area contributed by atoms with Crippen LogP contribution < -0.4 is 0 Å². The van der Waals surface area contributed by atoms with Gasteiger partial charge in [-0.2, -0.15) is 13.2 Å². The zero-order valence-electron chi connectivity index (χ0n) is 8.96. The van der Waals surface area contributed by atoms with Crippen LogP contribution in [0.5, 0.6) is 0 Å². The maximum atomic E-state index is 12.4. The Kier molecular flexibility index (Phi) is 4.12. The van der Waals surface area contributed by atoms with Crippen molar-refractivity contribution in [3.8, 4) is 0 Å². The van der Waals surface area contributed by atoms with Crippen LogP contribution in [0.2, 0.25) is 0 Å². The van der Waals surface area contributed by atoms with Crippen LogP contribution in [-0.4, -0.2) is 10.8 Å². The summed E-state index contributed by atoms with van der Waals surface area (Å²) in [6.07, 6.45) is -3.58. The van der Waals surface area contributed by atoms with Gasteiger partial charge in [0.25, 0.3) is 0 Å². The molecule has 1 heterocycles. The first-order chi connectivity index (χ1) is 8.77. The van der Waals surface area contributed by atoms with Gasteiger partial charge in [0.2, 0.25) is 5.78 Å². The van der Waals surface area contributed by atoms with E-state index in [0.717, 1.165) is 6.20 Å². The van der Waals surface area contributed by atoms with Gasteiger partial charge in [0, 0.05) is 20.7 Å². The summed E-state index contributed by atoms with van der Waals surface area (Å²) in [6.45, 7) is 0. The molecule has 0 amide bonds. The maximum Gasteiger partial charge on any atom is 0.443 e. The van der Waals surface area contributed by atoms with Gasteiger partial charge in [0.1, 0.15) is 0 Å². The van der Waals surface area contributed by atoms with Crippen molar-refractivity contribution in [1.82, 2.24) is 4.98 Å². The molecule has 0 spiro atoms. The van der Waals surface area contributed by atoms with Gasteiger partial charge in [-0.3, -0.25) is 4.79 Å². The van der Waals surface area contributed by atoms with E-state index < -0.39 is 17.0 Å². The average molecular weight is 415 g/mol. The molecule has 2 rings (SSSR count). The van der Waals surface area contributed by atoms with E-state index in [0.29, 0.717) is 25.8 Å². The quantitative estimate of drug-likeness (QED) is 0.653. The third-order valence-electron chi connectivity index (χ3n) is 2.10. The highest BCUT2D eigenvalue weighted by Crippen LogP contribution is 2.33. The number of halogens is 5. The number of nitrogens with zero attached hydrogens (tertiary/aromatic N) is 1. The van der Waals surface area contributed by atoms with Crippen molar-refractivity contribution in [3.05, 3.63) is 48.8 Å². The van der Waals surface area contributed by atoms with Crippen molar-refractivity contribution < 1.29 is 18.0 Å². The van der Waals surface area contributed by atoms with Crippen LogP contribution in [0, 0.1) is 0 Å². The van der Waals surface area contributed by atoms with Gasteiger partial charge in [-0.1, -0.05) is 31.9 Å². The fourth-order valence-electron chi connectivity index (χ4n) is 1.34. The van der Waals surface area contributed by atoms with E-state index in [1.165, 1.54) is 0 Å². The minimum atomic E-state index is -4.53. The highest BCUT2D eigenvalue weighted by molar-refractivity contribution is 9.11. The predicted octanol–water partition coefficient (Wildman–Crippen LogP) is 4.92. The normalized spacial score (nSPS) is 11.6. The number of carbonyl (C=O) groups excluding carboxylic acids is 1. The van der Waals surface area contributed by atoms with E-state index in [4.69, 9.17) is 0 Å². The fraction of sp³-hybridized carbons (Fsp3) is 0.0909. The number of ketones is 1. The fourth-order valence-corrected chi connectivity index (χ4v) is 3.38. The first kappa shape index (κ1) is 14.7. The lowest BCUT2D eigenvalue weighted by molar-refractivity contribution is -0.137. The third-order valence-corrected chi connectivity index (χ3v) is 4.05. The zero-order valence-corrected chi connectivity index (χ0v) is 13.0. The van der Waals surface area contributed by atoms with Gasteiger partial charge in [-0.15, -0.1) is 11.3 Å². The first-order valence-electron chi connectivity index (χ1n) is 4.81. The van der Waals surface area contributed by atoms with E-state index in [2.05, 4.69) is 36.8 Å². The van der Waals surface area contributed by atoms with Crippen molar-refractivity contribution in [3.63, 3.8) is 0 Å². The highest BCUT2D eigenvalue weighted by atomic mass is 79.9. The smallest absolute Gasteiger partial charge is 0.288 e. The molecular formula is C11H4Br2F3NOS. The monoisotopic (exact) mass is 413 g/mol. The minimum Gasteiger partial charge on any atom is -0.288 e. The SMILES string of the molecule is O=C(c1cc(Br)cc(Br)c1)c1cnc(C(F)(F)F)s1. The van der Waals surface area contributed by atoms with Crippen molar-refractivity contribution in [2.45, 2.75) is 6.18 Å². The Bertz CT molecular complexity index is 619. The number of rotatable bonds is 2. The zero-order chi connectivity index (χ0) is 14.2. The molecule has 0 aliphatic carbocycles. The molecule has 8 heteroatoms. The number of alkyl halides is 3. The van der Waals surface area contributed by atoms with E-state index in [1.807, 2.05) is 0 Å². The van der Waals surface area contributed by atoms with Crippen LogP contribution in [0.4, 0.5) is 13.2 Å². The van der Waals surface area contributed by atoms with Crippen LogP contribution in [0.25, 0.3) is 0 Å². The molecule has 0 saturated heterocycles. The number of thiazole rings is 1. The Hall–Kier alpha value is -0.730. The molecular weight excluding hydrogens is 411 g/mol. The van der Waals surface area contributed by atoms with Crippen molar-refractivity contribution in [2.75, 3.05) is 0 Å². The van der Waals surface area contributed by atoms with E-state index in [9.17, 15) is 18.0 Å². The Morgan fingerprint density at radius 3 is 2.21 bits per heavy atom.